The number of para-hydroxylation sites is 2. The van der Waals surface area contributed by atoms with Gasteiger partial charge in [0, 0.05) is 5.56 Å². The number of rotatable bonds is 5. The van der Waals surface area contributed by atoms with Crippen LogP contribution in [0, 0.1) is 42.4 Å². The van der Waals surface area contributed by atoms with Crippen LogP contribution in [0.25, 0.3) is 0 Å². The predicted octanol–water partition coefficient (Wildman–Crippen LogP) is 3.66. The van der Waals surface area contributed by atoms with Gasteiger partial charge in [-0.3, -0.25) is 24.2 Å². The fraction of sp³-hybridized carbons (Fsp3) is 0.370. The zero-order valence-electron chi connectivity index (χ0n) is 18.7. The maximum atomic E-state index is 13.8. The molecule has 0 N–H and O–H groups in total. The van der Waals surface area contributed by atoms with Crippen LogP contribution >= 0.6 is 0 Å². The van der Waals surface area contributed by atoms with Crippen LogP contribution < -0.4 is 9.64 Å². The first-order valence-electron chi connectivity index (χ1n) is 11.6. The summed E-state index contributed by atoms with van der Waals surface area (Å²) in [5, 5.41) is 0. The number of likely N-dealkylation sites (tertiary alicyclic amines) is 1. The minimum Gasteiger partial charge on any atom is -0.495 e. The number of benzene rings is 2. The van der Waals surface area contributed by atoms with Crippen molar-refractivity contribution >= 4 is 23.4 Å². The molecule has 2 aromatic carbocycles. The number of methoxy groups -OCH3 is 1. The molecule has 2 saturated carbocycles. The van der Waals surface area contributed by atoms with Gasteiger partial charge in [0.2, 0.25) is 11.8 Å². The van der Waals surface area contributed by atoms with Crippen molar-refractivity contribution in [3.63, 3.8) is 0 Å². The third-order valence-electron chi connectivity index (χ3n) is 8.03. The minimum atomic E-state index is -0.288. The number of hydrogen-bond acceptors (Lipinski definition) is 4. The molecule has 3 fully saturated rings. The first-order valence-corrected chi connectivity index (χ1v) is 11.6. The van der Waals surface area contributed by atoms with E-state index >= 15 is 0 Å². The molecule has 0 unspecified atom stereocenters. The molecule has 5 aliphatic rings. The van der Waals surface area contributed by atoms with Gasteiger partial charge in [0.05, 0.1) is 24.6 Å². The first kappa shape index (κ1) is 20.2. The maximum Gasteiger partial charge on any atom is 0.260 e. The van der Waals surface area contributed by atoms with E-state index < -0.39 is 0 Å². The van der Waals surface area contributed by atoms with Crippen molar-refractivity contribution < 1.29 is 19.1 Å². The topological polar surface area (TPSA) is 66.9 Å². The second-order valence-corrected chi connectivity index (χ2v) is 9.62. The highest BCUT2D eigenvalue weighted by Gasteiger charge is 2.67. The Morgan fingerprint density at radius 3 is 2.21 bits per heavy atom. The van der Waals surface area contributed by atoms with Gasteiger partial charge in [-0.25, -0.2) is 0 Å². The number of aryl methyl sites for hydroxylation is 1. The molecule has 6 atom stereocenters. The van der Waals surface area contributed by atoms with Crippen molar-refractivity contribution in [1.82, 2.24) is 4.90 Å². The lowest BCUT2D eigenvalue weighted by molar-refractivity contribution is -0.140. The number of carbonyl (C=O) groups excluding carboxylic acids is 3. The number of allylic oxidation sites excluding steroid dienone is 2. The van der Waals surface area contributed by atoms with Crippen molar-refractivity contribution in [1.29, 1.82) is 0 Å². The summed E-state index contributed by atoms with van der Waals surface area (Å²) in [5.41, 5.74) is 1.90. The van der Waals surface area contributed by atoms with Gasteiger partial charge in [-0.2, -0.15) is 0 Å². The summed E-state index contributed by atoms with van der Waals surface area (Å²) in [7, 11) is 1.55. The van der Waals surface area contributed by atoms with E-state index in [1.54, 1.807) is 25.3 Å². The average Bonchev–Trinajstić information content (AvgIpc) is 3.62. The van der Waals surface area contributed by atoms with Gasteiger partial charge in [0.1, 0.15) is 12.4 Å². The van der Waals surface area contributed by atoms with Gasteiger partial charge in [-0.05, 0) is 60.8 Å². The monoisotopic (exact) mass is 442 g/mol. The van der Waals surface area contributed by atoms with E-state index in [1.807, 2.05) is 37.3 Å². The van der Waals surface area contributed by atoms with Crippen molar-refractivity contribution in [2.75, 3.05) is 18.7 Å². The number of hydrogen-bond donors (Lipinski definition) is 0. The average molecular weight is 443 g/mol. The molecule has 4 aliphatic carbocycles. The Morgan fingerprint density at radius 1 is 0.970 bits per heavy atom. The molecule has 0 spiro atoms. The van der Waals surface area contributed by atoms with Gasteiger partial charge >= 0.3 is 0 Å². The Morgan fingerprint density at radius 2 is 1.58 bits per heavy atom. The Kier molecular flexibility index (Phi) is 4.47. The third-order valence-corrected chi connectivity index (χ3v) is 8.03. The van der Waals surface area contributed by atoms with E-state index in [9.17, 15) is 14.4 Å². The van der Waals surface area contributed by atoms with E-state index in [0.29, 0.717) is 28.8 Å². The molecule has 1 aliphatic heterocycles. The molecule has 7 rings (SSSR count). The standard InChI is InChI=1S/C27H26N2O4/c1-15-7-3-4-8-16(15)25(30)28(21-9-5-6-10-22(21)33-2)14-29-26(31)23-17-11-12-18(20-13-19(17)20)24(23)27(29)32/h3-12,17-20,23-24H,13-14H2,1-2H3/t17-,18+,19-,20-,23+,24-/m1/s1. The lowest BCUT2D eigenvalue weighted by atomic mass is 9.63. The predicted molar refractivity (Wildman–Crippen MR) is 122 cm³/mol. The Bertz CT molecular complexity index is 1170. The molecular formula is C27H26N2O4. The van der Waals surface area contributed by atoms with Crippen LogP contribution in [0.2, 0.25) is 0 Å². The van der Waals surface area contributed by atoms with Gasteiger partial charge in [-0.1, -0.05) is 42.5 Å². The fourth-order valence-corrected chi connectivity index (χ4v) is 6.36. The highest BCUT2D eigenvalue weighted by atomic mass is 16.5. The summed E-state index contributed by atoms with van der Waals surface area (Å²) in [5.74, 6) is 0.758. The number of amides is 3. The largest absolute Gasteiger partial charge is 0.495 e. The number of ether oxygens (including phenoxy) is 1. The molecule has 1 heterocycles. The van der Waals surface area contributed by atoms with E-state index in [1.165, 1.54) is 9.80 Å². The molecule has 6 nitrogen and oxygen atoms in total. The molecule has 0 aromatic heterocycles. The van der Waals surface area contributed by atoms with Crippen LogP contribution in [0.15, 0.2) is 60.7 Å². The minimum absolute atomic E-state index is 0.118. The first-order chi connectivity index (χ1) is 16.0. The van der Waals surface area contributed by atoms with Gasteiger partial charge in [-0.15, -0.1) is 0 Å². The Hall–Kier alpha value is -3.41. The number of nitrogens with zero attached hydrogens (tertiary/aromatic N) is 2. The number of imide groups is 1. The second kappa shape index (κ2) is 7.30. The molecule has 3 amide bonds. The molecule has 2 bridgehead atoms. The summed E-state index contributed by atoms with van der Waals surface area (Å²) >= 11 is 0. The number of anilines is 1. The SMILES string of the molecule is COc1ccccc1N(CN1C(=O)[C@@H]2[C@H]3C=C[C@H]([C@H]4C[C@H]34)[C@@H]2C1=O)C(=O)c1ccccc1C. The molecular weight excluding hydrogens is 416 g/mol. The van der Waals surface area contributed by atoms with Gasteiger partial charge < -0.3 is 4.74 Å². The molecule has 2 aromatic rings. The lowest BCUT2D eigenvalue weighted by Crippen LogP contribution is -2.45. The summed E-state index contributed by atoms with van der Waals surface area (Å²) < 4.78 is 5.53. The van der Waals surface area contributed by atoms with Crippen LogP contribution in [0.5, 0.6) is 5.75 Å². The lowest BCUT2D eigenvalue weighted by Gasteiger charge is -2.37. The molecule has 6 heteroatoms. The zero-order valence-corrected chi connectivity index (χ0v) is 18.7. The van der Waals surface area contributed by atoms with Gasteiger partial charge in [0.15, 0.2) is 0 Å². The Balaban J connectivity index is 1.38. The Labute approximate surface area is 192 Å². The summed E-state index contributed by atoms with van der Waals surface area (Å²) in [6, 6.07) is 14.6. The van der Waals surface area contributed by atoms with Crippen LogP contribution in [-0.2, 0) is 9.59 Å². The fourth-order valence-electron chi connectivity index (χ4n) is 6.36. The van der Waals surface area contributed by atoms with Crippen molar-refractivity contribution in [3.8, 4) is 5.75 Å². The van der Waals surface area contributed by atoms with E-state index in [4.69, 9.17) is 4.74 Å². The third kappa shape index (κ3) is 2.89. The van der Waals surface area contributed by atoms with Crippen molar-refractivity contribution in [3.05, 3.63) is 71.8 Å². The molecule has 33 heavy (non-hydrogen) atoms. The summed E-state index contributed by atoms with van der Waals surface area (Å²) in [4.78, 5) is 43.7. The maximum absolute atomic E-state index is 13.8. The zero-order chi connectivity index (χ0) is 22.9. The summed E-state index contributed by atoms with van der Waals surface area (Å²) in [6.45, 7) is 1.76. The smallest absolute Gasteiger partial charge is 0.260 e. The highest BCUT2D eigenvalue weighted by molar-refractivity contribution is 6.10. The van der Waals surface area contributed by atoms with Crippen molar-refractivity contribution in [2.24, 2.45) is 35.5 Å². The van der Waals surface area contributed by atoms with Crippen molar-refractivity contribution in [2.45, 2.75) is 13.3 Å². The van der Waals surface area contributed by atoms with E-state index in [2.05, 4.69) is 12.2 Å². The van der Waals surface area contributed by atoms with Crippen LogP contribution in [0.3, 0.4) is 0 Å². The molecule has 1 saturated heterocycles. The number of carbonyl (C=O) groups is 3. The summed E-state index contributed by atoms with van der Waals surface area (Å²) in [6.07, 6.45) is 5.44. The van der Waals surface area contributed by atoms with E-state index in [-0.39, 0.29) is 48.1 Å². The second-order valence-electron chi connectivity index (χ2n) is 9.62. The van der Waals surface area contributed by atoms with Crippen LogP contribution in [-0.4, -0.2) is 36.4 Å². The molecule has 0 radical (unpaired) electrons. The highest BCUT2D eigenvalue weighted by Crippen LogP contribution is 2.65. The quantitative estimate of drug-likeness (QED) is 0.524. The van der Waals surface area contributed by atoms with Gasteiger partial charge in [0.25, 0.3) is 5.91 Å². The normalized spacial score (nSPS) is 30.8. The van der Waals surface area contributed by atoms with Crippen LogP contribution in [0.1, 0.15) is 22.3 Å². The van der Waals surface area contributed by atoms with E-state index in [0.717, 1.165) is 12.0 Å². The molecule has 168 valence electrons. The van der Waals surface area contributed by atoms with Crippen LogP contribution in [0.4, 0.5) is 5.69 Å².